The van der Waals surface area contributed by atoms with Crippen molar-refractivity contribution >= 4 is 0 Å². The van der Waals surface area contributed by atoms with Crippen LogP contribution in [0.3, 0.4) is 0 Å². The van der Waals surface area contributed by atoms with Crippen LogP contribution in [0.1, 0.15) is 24.5 Å². The smallest absolute Gasteiger partial charge is 0.0594 e. The van der Waals surface area contributed by atoms with E-state index in [1.165, 1.54) is 19.3 Å². The molecular formula is C18H28N2O. The van der Waals surface area contributed by atoms with E-state index in [1.54, 1.807) is 11.1 Å². The second-order valence-corrected chi connectivity index (χ2v) is 6.60. The minimum absolute atomic E-state index is 0.570. The van der Waals surface area contributed by atoms with Gasteiger partial charge in [0, 0.05) is 25.7 Å². The van der Waals surface area contributed by atoms with Gasteiger partial charge in [-0.2, -0.15) is 0 Å². The van der Waals surface area contributed by atoms with Gasteiger partial charge >= 0.3 is 0 Å². The molecule has 3 rings (SSSR count). The van der Waals surface area contributed by atoms with Crippen molar-refractivity contribution in [2.24, 2.45) is 5.92 Å². The summed E-state index contributed by atoms with van der Waals surface area (Å²) in [6.45, 7) is 8.57. The van der Waals surface area contributed by atoms with E-state index in [-0.39, 0.29) is 0 Å². The Morgan fingerprint density at radius 2 is 2.00 bits per heavy atom. The normalized spacial score (nSPS) is 24.5. The summed E-state index contributed by atoms with van der Waals surface area (Å²) < 4.78 is 5.41. The number of nitrogens with one attached hydrogen (secondary N) is 1. The fraction of sp³-hybridized carbons (Fsp3) is 0.667. The molecule has 3 heteroatoms. The minimum Gasteiger partial charge on any atom is -0.379 e. The van der Waals surface area contributed by atoms with Crippen LogP contribution in [-0.2, 0) is 17.6 Å². The van der Waals surface area contributed by atoms with Crippen molar-refractivity contribution in [3.63, 3.8) is 0 Å². The Balaban J connectivity index is 1.41. The Bertz CT molecular complexity index is 443. The highest BCUT2D eigenvalue weighted by atomic mass is 16.5. The summed E-state index contributed by atoms with van der Waals surface area (Å²) >= 11 is 0. The van der Waals surface area contributed by atoms with Crippen LogP contribution in [-0.4, -0.2) is 50.3 Å². The molecule has 1 aliphatic heterocycles. The molecule has 116 valence electrons. The summed E-state index contributed by atoms with van der Waals surface area (Å²) in [5, 5.41) is 3.75. The molecule has 0 bridgehead atoms. The minimum atomic E-state index is 0.570. The molecule has 1 aliphatic carbocycles. The van der Waals surface area contributed by atoms with Crippen molar-refractivity contribution in [3.8, 4) is 0 Å². The number of benzene rings is 1. The Morgan fingerprint density at radius 3 is 2.81 bits per heavy atom. The summed E-state index contributed by atoms with van der Waals surface area (Å²) in [6, 6.07) is 9.51. The largest absolute Gasteiger partial charge is 0.379 e. The average molecular weight is 288 g/mol. The first-order valence-corrected chi connectivity index (χ1v) is 8.41. The highest BCUT2D eigenvalue weighted by Crippen LogP contribution is 2.24. The summed E-state index contributed by atoms with van der Waals surface area (Å²) in [5.41, 5.74) is 3.13. The second kappa shape index (κ2) is 7.39. The number of rotatable bonds is 5. The summed E-state index contributed by atoms with van der Waals surface area (Å²) in [7, 11) is 0. The van der Waals surface area contributed by atoms with Gasteiger partial charge in [-0.05, 0) is 49.8 Å². The molecule has 1 heterocycles. The predicted molar refractivity (Wildman–Crippen MR) is 86.7 cm³/mol. The van der Waals surface area contributed by atoms with Gasteiger partial charge in [-0.1, -0.05) is 24.3 Å². The third kappa shape index (κ3) is 4.29. The second-order valence-electron chi connectivity index (χ2n) is 6.60. The zero-order valence-corrected chi connectivity index (χ0v) is 13.2. The number of fused-ring (bicyclic) bond motifs is 1. The monoisotopic (exact) mass is 288 g/mol. The first-order chi connectivity index (χ1) is 10.3. The SMILES string of the molecule is CC(CN1CCOCC1)NCC1CCc2ccccc2C1. The van der Waals surface area contributed by atoms with E-state index < -0.39 is 0 Å². The van der Waals surface area contributed by atoms with Crippen LogP contribution in [0.5, 0.6) is 0 Å². The number of nitrogens with zero attached hydrogens (tertiary/aromatic N) is 1. The van der Waals surface area contributed by atoms with Crippen molar-refractivity contribution < 1.29 is 4.74 Å². The predicted octanol–water partition coefficient (Wildman–Crippen LogP) is 2.10. The molecule has 0 radical (unpaired) electrons. The maximum absolute atomic E-state index is 5.41. The molecule has 21 heavy (non-hydrogen) atoms. The van der Waals surface area contributed by atoms with E-state index in [2.05, 4.69) is 41.4 Å². The van der Waals surface area contributed by atoms with Gasteiger partial charge in [-0.15, -0.1) is 0 Å². The molecular weight excluding hydrogens is 260 g/mol. The Morgan fingerprint density at radius 1 is 1.24 bits per heavy atom. The van der Waals surface area contributed by atoms with Crippen LogP contribution in [0.15, 0.2) is 24.3 Å². The van der Waals surface area contributed by atoms with E-state index in [1.807, 2.05) is 0 Å². The number of ether oxygens (including phenoxy) is 1. The molecule has 0 amide bonds. The van der Waals surface area contributed by atoms with E-state index in [0.717, 1.165) is 45.3 Å². The van der Waals surface area contributed by atoms with Crippen LogP contribution in [0.25, 0.3) is 0 Å². The molecule has 1 saturated heterocycles. The molecule has 2 unspecified atom stereocenters. The standard InChI is InChI=1S/C18H28N2O/c1-15(14-20-8-10-21-11-9-20)19-13-16-6-7-17-4-2-3-5-18(17)12-16/h2-5,15-16,19H,6-14H2,1H3. The summed E-state index contributed by atoms with van der Waals surface area (Å²) in [5.74, 6) is 0.798. The molecule has 0 aromatic heterocycles. The maximum Gasteiger partial charge on any atom is 0.0594 e. The van der Waals surface area contributed by atoms with Gasteiger partial charge < -0.3 is 10.1 Å². The zero-order chi connectivity index (χ0) is 14.5. The van der Waals surface area contributed by atoms with Gasteiger partial charge in [0.2, 0.25) is 0 Å². The molecule has 3 nitrogen and oxygen atoms in total. The highest BCUT2D eigenvalue weighted by Gasteiger charge is 2.19. The lowest BCUT2D eigenvalue weighted by Crippen LogP contribution is -2.45. The zero-order valence-electron chi connectivity index (χ0n) is 13.2. The third-order valence-electron chi connectivity index (χ3n) is 4.84. The lowest BCUT2D eigenvalue weighted by molar-refractivity contribution is 0.0342. The third-order valence-corrected chi connectivity index (χ3v) is 4.84. The number of aryl methyl sites for hydroxylation is 1. The number of hydrogen-bond donors (Lipinski definition) is 1. The van der Waals surface area contributed by atoms with Gasteiger partial charge in [-0.25, -0.2) is 0 Å². The van der Waals surface area contributed by atoms with Gasteiger partial charge in [-0.3, -0.25) is 4.90 Å². The van der Waals surface area contributed by atoms with Crippen molar-refractivity contribution in [2.75, 3.05) is 39.4 Å². The van der Waals surface area contributed by atoms with Gasteiger partial charge in [0.05, 0.1) is 13.2 Å². The lowest BCUT2D eigenvalue weighted by Gasteiger charge is -2.31. The summed E-state index contributed by atoms with van der Waals surface area (Å²) in [4.78, 5) is 2.51. The molecule has 1 aromatic carbocycles. The molecule has 1 N–H and O–H groups in total. The van der Waals surface area contributed by atoms with Crippen molar-refractivity contribution in [1.29, 1.82) is 0 Å². The fourth-order valence-electron chi connectivity index (χ4n) is 3.55. The van der Waals surface area contributed by atoms with Crippen LogP contribution in [0.2, 0.25) is 0 Å². The molecule has 0 spiro atoms. The first-order valence-electron chi connectivity index (χ1n) is 8.41. The van der Waals surface area contributed by atoms with E-state index in [0.29, 0.717) is 6.04 Å². The Kier molecular flexibility index (Phi) is 5.28. The van der Waals surface area contributed by atoms with Gasteiger partial charge in [0.25, 0.3) is 0 Å². The number of hydrogen-bond acceptors (Lipinski definition) is 3. The molecule has 0 saturated carbocycles. The summed E-state index contributed by atoms with van der Waals surface area (Å²) in [6.07, 6.45) is 3.82. The molecule has 1 fully saturated rings. The van der Waals surface area contributed by atoms with Crippen molar-refractivity contribution in [2.45, 2.75) is 32.2 Å². The van der Waals surface area contributed by atoms with E-state index in [4.69, 9.17) is 4.74 Å². The van der Waals surface area contributed by atoms with Crippen LogP contribution < -0.4 is 5.32 Å². The molecule has 1 aromatic rings. The lowest BCUT2D eigenvalue weighted by atomic mass is 9.84. The first kappa shape index (κ1) is 15.0. The van der Waals surface area contributed by atoms with Crippen molar-refractivity contribution in [3.05, 3.63) is 35.4 Å². The highest BCUT2D eigenvalue weighted by molar-refractivity contribution is 5.29. The Labute approximate surface area is 128 Å². The number of morpholine rings is 1. The quantitative estimate of drug-likeness (QED) is 0.898. The maximum atomic E-state index is 5.41. The van der Waals surface area contributed by atoms with Gasteiger partial charge in [0.1, 0.15) is 0 Å². The van der Waals surface area contributed by atoms with Crippen LogP contribution >= 0.6 is 0 Å². The van der Waals surface area contributed by atoms with E-state index in [9.17, 15) is 0 Å². The Hall–Kier alpha value is -0.900. The van der Waals surface area contributed by atoms with E-state index >= 15 is 0 Å². The molecule has 2 atom stereocenters. The average Bonchev–Trinajstić information content (AvgIpc) is 2.54. The van der Waals surface area contributed by atoms with Gasteiger partial charge in [0.15, 0.2) is 0 Å². The van der Waals surface area contributed by atoms with Crippen molar-refractivity contribution in [1.82, 2.24) is 10.2 Å². The molecule has 2 aliphatic rings. The topological polar surface area (TPSA) is 24.5 Å². The van der Waals surface area contributed by atoms with Crippen LogP contribution in [0, 0.1) is 5.92 Å². The van der Waals surface area contributed by atoms with Crippen LogP contribution in [0.4, 0.5) is 0 Å². The fourth-order valence-corrected chi connectivity index (χ4v) is 3.55.